The smallest absolute Gasteiger partial charge is 0.132 e. The third kappa shape index (κ3) is 3.34. The van der Waals surface area contributed by atoms with Crippen LogP contribution in [-0.2, 0) is 20.1 Å². The van der Waals surface area contributed by atoms with E-state index < -0.39 is 0 Å². The van der Waals surface area contributed by atoms with Gasteiger partial charge in [-0.2, -0.15) is 5.10 Å². The van der Waals surface area contributed by atoms with Crippen LogP contribution in [0.1, 0.15) is 18.2 Å². The number of nitrogens with zero attached hydrogens (tertiary/aromatic N) is 2. The van der Waals surface area contributed by atoms with Crippen molar-refractivity contribution < 1.29 is 4.74 Å². The van der Waals surface area contributed by atoms with Gasteiger partial charge in [0.15, 0.2) is 0 Å². The topological polar surface area (TPSA) is 53.1 Å². The molecule has 1 aromatic heterocycles. The molecule has 2 N–H and O–H groups in total. The molecule has 0 radical (unpaired) electrons. The zero-order valence-electron chi connectivity index (χ0n) is 10.8. The zero-order valence-corrected chi connectivity index (χ0v) is 10.8. The van der Waals surface area contributed by atoms with Gasteiger partial charge in [0.25, 0.3) is 0 Å². The molecule has 0 bridgehead atoms. The Hall–Kier alpha value is -1.81. The monoisotopic (exact) mass is 245 g/mol. The molecule has 4 nitrogen and oxygen atoms in total. The standard InChI is InChI=1S/C14H19N3O/c1-11(15)9-12-5-3-4-6-14(12)18-10-13-7-8-17(2)16-13/h3-8,11H,9-10,15H2,1-2H3. The third-order valence-corrected chi connectivity index (χ3v) is 2.66. The van der Waals surface area contributed by atoms with E-state index in [1.807, 2.05) is 44.4 Å². The summed E-state index contributed by atoms with van der Waals surface area (Å²) in [6.07, 6.45) is 2.73. The number of nitrogens with two attached hydrogens (primary N) is 1. The van der Waals surface area contributed by atoms with E-state index in [1.54, 1.807) is 4.68 Å². The molecule has 4 heteroatoms. The lowest BCUT2D eigenvalue weighted by atomic mass is 10.1. The summed E-state index contributed by atoms with van der Waals surface area (Å²) in [5.41, 5.74) is 7.90. The number of para-hydroxylation sites is 1. The van der Waals surface area contributed by atoms with E-state index in [2.05, 4.69) is 11.2 Å². The summed E-state index contributed by atoms with van der Waals surface area (Å²) in [7, 11) is 1.90. The van der Waals surface area contributed by atoms with Gasteiger partial charge in [-0.25, -0.2) is 0 Å². The fraction of sp³-hybridized carbons (Fsp3) is 0.357. The SMILES string of the molecule is CC(N)Cc1ccccc1OCc1ccn(C)n1. The minimum Gasteiger partial charge on any atom is -0.487 e. The van der Waals surface area contributed by atoms with Gasteiger partial charge < -0.3 is 10.5 Å². The molecule has 1 unspecified atom stereocenters. The average molecular weight is 245 g/mol. The number of aromatic nitrogens is 2. The van der Waals surface area contributed by atoms with Crippen molar-refractivity contribution in [2.75, 3.05) is 0 Å². The van der Waals surface area contributed by atoms with E-state index in [0.717, 1.165) is 23.4 Å². The van der Waals surface area contributed by atoms with Gasteiger partial charge in [0, 0.05) is 19.3 Å². The Bertz CT molecular complexity index is 505. The van der Waals surface area contributed by atoms with E-state index in [4.69, 9.17) is 10.5 Å². The molecule has 2 aromatic rings. The molecule has 18 heavy (non-hydrogen) atoms. The first-order valence-electron chi connectivity index (χ1n) is 6.10. The molecule has 0 saturated carbocycles. The minimum absolute atomic E-state index is 0.129. The van der Waals surface area contributed by atoms with Gasteiger partial charge >= 0.3 is 0 Å². The fourth-order valence-electron chi connectivity index (χ4n) is 1.85. The predicted octanol–water partition coefficient (Wildman–Crippen LogP) is 1.89. The first-order chi connectivity index (χ1) is 8.65. The molecule has 1 atom stereocenters. The Morgan fingerprint density at radius 1 is 1.33 bits per heavy atom. The van der Waals surface area contributed by atoms with E-state index in [-0.39, 0.29) is 6.04 Å². The second-order valence-corrected chi connectivity index (χ2v) is 4.56. The summed E-state index contributed by atoms with van der Waals surface area (Å²) in [6.45, 7) is 2.48. The Kier molecular flexibility index (Phi) is 3.99. The van der Waals surface area contributed by atoms with E-state index in [9.17, 15) is 0 Å². The maximum atomic E-state index is 5.83. The highest BCUT2D eigenvalue weighted by atomic mass is 16.5. The Morgan fingerprint density at radius 3 is 2.78 bits per heavy atom. The molecule has 2 rings (SSSR count). The van der Waals surface area contributed by atoms with Crippen LogP contribution in [0.5, 0.6) is 5.75 Å². The summed E-state index contributed by atoms with van der Waals surface area (Å²) in [4.78, 5) is 0. The summed E-state index contributed by atoms with van der Waals surface area (Å²) in [5, 5.41) is 4.28. The summed E-state index contributed by atoms with van der Waals surface area (Å²) >= 11 is 0. The first-order valence-corrected chi connectivity index (χ1v) is 6.10. The quantitative estimate of drug-likeness (QED) is 0.875. The number of ether oxygens (including phenoxy) is 1. The molecule has 0 amide bonds. The van der Waals surface area contributed by atoms with Gasteiger partial charge in [-0.05, 0) is 31.0 Å². The first kappa shape index (κ1) is 12.6. The highest BCUT2D eigenvalue weighted by Crippen LogP contribution is 2.20. The second-order valence-electron chi connectivity index (χ2n) is 4.56. The van der Waals surface area contributed by atoms with Gasteiger partial charge in [-0.3, -0.25) is 4.68 Å². The lowest BCUT2D eigenvalue weighted by Crippen LogP contribution is -2.18. The van der Waals surface area contributed by atoms with E-state index in [0.29, 0.717) is 6.61 Å². The maximum Gasteiger partial charge on any atom is 0.132 e. The van der Waals surface area contributed by atoms with Crippen LogP contribution >= 0.6 is 0 Å². The van der Waals surface area contributed by atoms with Crippen LogP contribution in [0.4, 0.5) is 0 Å². The minimum atomic E-state index is 0.129. The van der Waals surface area contributed by atoms with Crippen LogP contribution in [0.15, 0.2) is 36.5 Å². The van der Waals surface area contributed by atoms with Crippen molar-refractivity contribution in [1.82, 2.24) is 9.78 Å². The summed E-state index contributed by atoms with van der Waals surface area (Å²) in [6, 6.07) is 10.1. The largest absolute Gasteiger partial charge is 0.487 e. The molecule has 0 aliphatic carbocycles. The Balaban J connectivity index is 2.04. The molecule has 96 valence electrons. The molecule has 0 aliphatic heterocycles. The van der Waals surface area contributed by atoms with E-state index >= 15 is 0 Å². The zero-order chi connectivity index (χ0) is 13.0. The normalized spacial score (nSPS) is 12.4. The summed E-state index contributed by atoms with van der Waals surface area (Å²) in [5.74, 6) is 0.889. The van der Waals surface area contributed by atoms with Crippen molar-refractivity contribution >= 4 is 0 Å². The average Bonchev–Trinajstić information content (AvgIpc) is 2.73. The molecular weight excluding hydrogens is 226 g/mol. The Labute approximate surface area is 107 Å². The molecule has 0 spiro atoms. The maximum absolute atomic E-state index is 5.83. The van der Waals surface area contributed by atoms with Crippen molar-refractivity contribution in [3.63, 3.8) is 0 Å². The number of aryl methyl sites for hydroxylation is 1. The number of benzene rings is 1. The third-order valence-electron chi connectivity index (χ3n) is 2.66. The van der Waals surface area contributed by atoms with Crippen LogP contribution < -0.4 is 10.5 Å². The van der Waals surface area contributed by atoms with Crippen molar-refractivity contribution in [1.29, 1.82) is 0 Å². The number of hydrogen-bond donors (Lipinski definition) is 1. The van der Waals surface area contributed by atoms with Gasteiger partial charge in [-0.15, -0.1) is 0 Å². The van der Waals surface area contributed by atoms with Gasteiger partial charge in [-0.1, -0.05) is 18.2 Å². The molecule has 1 heterocycles. The molecule has 1 aromatic carbocycles. The van der Waals surface area contributed by atoms with Crippen LogP contribution in [0.25, 0.3) is 0 Å². The highest BCUT2D eigenvalue weighted by Gasteiger charge is 2.06. The Morgan fingerprint density at radius 2 is 2.11 bits per heavy atom. The predicted molar refractivity (Wildman–Crippen MR) is 71.3 cm³/mol. The van der Waals surface area contributed by atoms with Crippen molar-refractivity contribution in [3.8, 4) is 5.75 Å². The van der Waals surface area contributed by atoms with E-state index in [1.165, 1.54) is 0 Å². The van der Waals surface area contributed by atoms with Crippen LogP contribution in [-0.4, -0.2) is 15.8 Å². The molecule has 0 aliphatic rings. The van der Waals surface area contributed by atoms with Crippen LogP contribution in [0.3, 0.4) is 0 Å². The van der Waals surface area contributed by atoms with Crippen molar-refractivity contribution in [2.45, 2.75) is 26.0 Å². The van der Waals surface area contributed by atoms with Gasteiger partial charge in [0.1, 0.15) is 12.4 Å². The van der Waals surface area contributed by atoms with Crippen molar-refractivity contribution in [3.05, 3.63) is 47.8 Å². The molecule has 0 fully saturated rings. The van der Waals surface area contributed by atoms with Crippen LogP contribution in [0.2, 0.25) is 0 Å². The van der Waals surface area contributed by atoms with Gasteiger partial charge in [0.05, 0.1) is 5.69 Å². The molecular formula is C14H19N3O. The lowest BCUT2D eigenvalue weighted by molar-refractivity contribution is 0.296. The second kappa shape index (κ2) is 5.69. The number of hydrogen-bond acceptors (Lipinski definition) is 3. The lowest BCUT2D eigenvalue weighted by Gasteiger charge is -2.12. The highest BCUT2D eigenvalue weighted by molar-refractivity contribution is 5.34. The summed E-state index contributed by atoms with van der Waals surface area (Å²) < 4.78 is 7.58. The fourth-order valence-corrected chi connectivity index (χ4v) is 1.85. The van der Waals surface area contributed by atoms with Crippen LogP contribution in [0, 0.1) is 0 Å². The van der Waals surface area contributed by atoms with Gasteiger partial charge in [0.2, 0.25) is 0 Å². The number of rotatable bonds is 5. The van der Waals surface area contributed by atoms with Crippen molar-refractivity contribution in [2.24, 2.45) is 12.8 Å². The molecule has 0 saturated heterocycles.